The number of aryl methyl sites for hydroxylation is 1. The molecule has 1 fully saturated rings. The molecular formula is C23H26N4O7. The van der Waals surface area contributed by atoms with E-state index in [9.17, 15) is 29.6 Å². The Labute approximate surface area is 195 Å². The van der Waals surface area contributed by atoms with Crippen molar-refractivity contribution in [1.29, 1.82) is 0 Å². The number of nitro groups is 1. The predicted octanol–water partition coefficient (Wildman–Crippen LogP) is -0.305. The third kappa shape index (κ3) is 4.29. The number of hydrogen-bond acceptors (Lipinski definition) is 7. The van der Waals surface area contributed by atoms with Gasteiger partial charge in [0.05, 0.1) is 45.3 Å². The lowest BCUT2D eigenvalue weighted by molar-refractivity contribution is -0.857. The molecular weight excluding hydrogens is 444 g/mol. The predicted molar refractivity (Wildman–Crippen MR) is 119 cm³/mol. The van der Waals surface area contributed by atoms with Crippen LogP contribution in [0.5, 0.6) is 0 Å². The SMILES string of the molecule is COC(=O)c1[nH]c(C)c(C([O-])=C2C(=O)C(=O)N(CC[NH+](C)C)C2c2cccc([N+](=O)[O-])c2)c1C. The van der Waals surface area contributed by atoms with Crippen molar-refractivity contribution in [2.75, 3.05) is 34.3 Å². The molecule has 1 amide bonds. The number of ketones is 1. The summed E-state index contributed by atoms with van der Waals surface area (Å²) in [4.78, 5) is 54.0. The van der Waals surface area contributed by atoms with Gasteiger partial charge in [0.15, 0.2) is 0 Å². The van der Waals surface area contributed by atoms with Gasteiger partial charge in [-0.25, -0.2) is 4.79 Å². The number of nitrogens with zero attached hydrogens (tertiary/aromatic N) is 2. The number of quaternary nitrogens is 1. The van der Waals surface area contributed by atoms with E-state index in [1.165, 1.54) is 30.2 Å². The standard InChI is InChI=1S/C23H26N4O7/c1-12-16(13(2)24-18(12)23(31)34-5)20(28)17-19(14-7-6-8-15(11-14)27(32)33)26(10-9-25(3)4)22(30)21(17)29/h6-8,11,19,24,28H,9-10H2,1-5H3. The molecule has 1 aliphatic rings. The van der Waals surface area contributed by atoms with Gasteiger partial charge in [0.2, 0.25) is 5.78 Å². The van der Waals surface area contributed by atoms with Gasteiger partial charge in [0.1, 0.15) is 5.69 Å². The molecule has 1 saturated heterocycles. The zero-order valence-corrected chi connectivity index (χ0v) is 19.6. The van der Waals surface area contributed by atoms with Crippen LogP contribution in [0.3, 0.4) is 0 Å². The van der Waals surface area contributed by atoms with E-state index >= 15 is 0 Å². The molecule has 0 radical (unpaired) electrons. The summed E-state index contributed by atoms with van der Waals surface area (Å²) in [5, 5.41) is 25.1. The Morgan fingerprint density at radius 1 is 1.26 bits per heavy atom. The molecule has 1 unspecified atom stereocenters. The molecule has 1 aliphatic heterocycles. The highest BCUT2D eigenvalue weighted by molar-refractivity contribution is 6.46. The normalized spacial score (nSPS) is 17.5. The summed E-state index contributed by atoms with van der Waals surface area (Å²) in [6, 6.07) is 4.45. The number of likely N-dealkylation sites (N-methyl/N-ethyl adjacent to an activating group) is 1. The van der Waals surface area contributed by atoms with Crippen LogP contribution in [-0.2, 0) is 14.3 Å². The minimum absolute atomic E-state index is 0.0701. The zero-order chi connectivity index (χ0) is 25.3. The molecule has 1 aromatic carbocycles. The van der Waals surface area contributed by atoms with Crippen LogP contribution in [0.2, 0.25) is 0 Å². The van der Waals surface area contributed by atoms with E-state index in [1.807, 2.05) is 14.1 Å². The molecule has 1 aromatic heterocycles. The number of benzene rings is 1. The molecule has 2 N–H and O–H groups in total. The summed E-state index contributed by atoms with van der Waals surface area (Å²) in [6.45, 7) is 3.76. The fraction of sp³-hybridized carbons (Fsp3) is 0.348. The van der Waals surface area contributed by atoms with Crippen molar-refractivity contribution in [3.05, 3.63) is 68.0 Å². The van der Waals surface area contributed by atoms with Gasteiger partial charge in [-0.2, -0.15) is 0 Å². The van der Waals surface area contributed by atoms with Crippen molar-refractivity contribution < 1.29 is 34.1 Å². The number of Topliss-reactive ketones (excluding diaryl/α,β-unsaturated/α-hetero) is 1. The molecule has 34 heavy (non-hydrogen) atoms. The molecule has 2 heterocycles. The fourth-order valence-corrected chi connectivity index (χ4v) is 4.13. The van der Waals surface area contributed by atoms with E-state index in [2.05, 4.69) is 4.98 Å². The van der Waals surface area contributed by atoms with Crippen molar-refractivity contribution in [3.63, 3.8) is 0 Å². The van der Waals surface area contributed by atoms with Gasteiger partial charge < -0.3 is 24.6 Å². The van der Waals surface area contributed by atoms with Crippen LogP contribution in [0.25, 0.3) is 5.76 Å². The molecule has 1 atom stereocenters. The Kier molecular flexibility index (Phi) is 6.87. The first-order chi connectivity index (χ1) is 16.0. The number of non-ortho nitro benzene ring substituents is 1. The number of hydrogen-bond donors (Lipinski definition) is 2. The highest BCUT2D eigenvalue weighted by atomic mass is 16.6. The van der Waals surface area contributed by atoms with Crippen molar-refractivity contribution in [1.82, 2.24) is 9.88 Å². The molecule has 0 bridgehead atoms. The van der Waals surface area contributed by atoms with Crippen molar-refractivity contribution in [3.8, 4) is 0 Å². The minimum Gasteiger partial charge on any atom is -0.872 e. The van der Waals surface area contributed by atoms with E-state index in [4.69, 9.17) is 4.74 Å². The Morgan fingerprint density at radius 2 is 1.94 bits per heavy atom. The van der Waals surface area contributed by atoms with Crippen molar-refractivity contribution >= 4 is 29.1 Å². The van der Waals surface area contributed by atoms with Gasteiger partial charge in [-0.3, -0.25) is 19.7 Å². The summed E-state index contributed by atoms with van der Waals surface area (Å²) in [7, 11) is 4.96. The number of rotatable bonds is 7. The largest absolute Gasteiger partial charge is 0.872 e. The number of carbonyl (C=O) groups excluding carboxylic acids is 3. The lowest BCUT2D eigenvalue weighted by Gasteiger charge is -2.27. The topological polar surface area (TPSA) is 150 Å². The number of likely N-dealkylation sites (tertiary alicyclic amines) is 1. The molecule has 0 spiro atoms. The third-order valence-corrected chi connectivity index (χ3v) is 5.83. The van der Waals surface area contributed by atoms with Crippen LogP contribution in [-0.4, -0.2) is 66.8 Å². The molecule has 11 nitrogen and oxygen atoms in total. The number of ether oxygens (including phenoxy) is 1. The second-order valence-corrected chi connectivity index (χ2v) is 8.40. The molecule has 0 aliphatic carbocycles. The number of esters is 1. The lowest BCUT2D eigenvalue weighted by atomic mass is 9.94. The summed E-state index contributed by atoms with van der Waals surface area (Å²) < 4.78 is 4.74. The van der Waals surface area contributed by atoms with Gasteiger partial charge >= 0.3 is 5.97 Å². The summed E-state index contributed by atoms with van der Waals surface area (Å²) in [5.74, 6) is -3.20. The van der Waals surface area contributed by atoms with E-state index in [-0.39, 0.29) is 40.2 Å². The molecule has 2 aromatic rings. The monoisotopic (exact) mass is 470 g/mol. The third-order valence-electron chi connectivity index (χ3n) is 5.83. The first-order valence-electron chi connectivity index (χ1n) is 10.6. The smallest absolute Gasteiger partial charge is 0.354 e. The van der Waals surface area contributed by atoms with E-state index < -0.39 is 34.4 Å². The quantitative estimate of drug-likeness (QED) is 0.141. The van der Waals surface area contributed by atoms with Crippen molar-refractivity contribution in [2.45, 2.75) is 19.9 Å². The van der Waals surface area contributed by atoms with Crippen LogP contribution in [0.4, 0.5) is 5.69 Å². The number of H-pyrrole nitrogens is 1. The average Bonchev–Trinajstić information content (AvgIpc) is 3.23. The lowest BCUT2D eigenvalue weighted by Crippen LogP contribution is -3.06. The molecule has 180 valence electrons. The highest BCUT2D eigenvalue weighted by Gasteiger charge is 2.45. The van der Waals surface area contributed by atoms with Gasteiger partial charge in [-0.15, -0.1) is 0 Å². The maximum Gasteiger partial charge on any atom is 0.354 e. The Hall–Kier alpha value is -3.99. The van der Waals surface area contributed by atoms with Crippen LogP contribution < -0.4 is 10.0 Å². The van der Waals surface area contributed by atoms with Gasteiger partial charge in [0.25, 0.3) is 11.6 Å². The number of carbonyl (C=O) groups is 3. The number of nitrogens with one attached hydrogen (secondary N) is 2. The molecule has 0 saturated carbocycles. The Balaban J connectivity index is 2.26. The van der Waals surface area contributed by atoms with Gasteiger partial charge in [0, 0.05) is 23.4 Å². The minimum atomic E-state index is -1.10. The number of aromatic amines is 1. The summed E-state index contributed by atoms with van der Waals surface area (Å²) >= 11 is 0. The van der Waals surface area contributed by atoms with E-state index in [0.717, 1.165) is 4.90 Å². The number of amides is 1. The Morgan fingerprint density at radius 3 is 2.53 bits per heavy atom. The summed E-state index contributed by atoms with van der Waals surface area (Å²) in [5.41, 5.74) is 0.537. The highest BCUT2D eigenvalue weighted by Crippen LogP contribution is 2.40. The maximum absolute atomic E-state index is 13.7. The van der Waals surface area contributed by atoms with Crippen LogP contribution in [0.1, 0.15) is 38.9 Å². The fourth-order valence-electron chi connectivity index (χ4n) is 4.13. The van der Waals surface area contributed by atoms with Crippen LogP contribution in [0.15, 0.2) is 29.8 Å². The van der Waals surface area contributed by atoms with E-state index in [0.29, 0.717) is 12.2 Å². The number of aromatic nitrogens is 1. The molecule has 3 rings (SSSR count). The van der Waals surface area contributed by atoms with Gasteiger partial charge in [-0.1, -0.05) is 17.9 Å². The van der Waals surface area contributed by atoms with Crippen molar-refractivity contribution in [2.24, 2.45) is 0 Å². The average molecular weight is 470 g/mol. The van der Waals surface area contributed by atoms with Crippen LogP contribution in [0, 0.1) is 24.0 Å². The second-order valence-electron chi connectivity index (χ2n) is 8.40. The summed E-state index contributed by atoms with van der Waals surface area (Å²) in [6.07, 6.45) is 0. The number of nitro benzene ring substituents is 1. The Bertz CT molecular complexity index is 1210. The van der Waals surface area contributed by atoms with Gasteiger partial charge in [-0.05, 0) is 30.5 Å². The number of methoxy groups -OCH3 is 1. The second kappa shape index (κ2) is 9.48. The van der Waals surface area contributed by atoms with E-state index in [1.54, 1.807) is 19.9 Å². The molecule has 11 heteroatoms. The first kappa shape index (κ1) is 24.6. The van der Waals surface area contributed by atoms with Crippen LogP contribution >= 0.6 is 0 Å². The maximum atomic E-state index is 13.7. The zero-order valence-electron chi connectivity index (χ0n) is 19.6. The first-order valence-corrected chi connectivity index (χ1v) is 10.6.